The van der Waals surface area contributed by atoms with Gasteiger partial charge < -0.3 is 14.7 Å². The van der Waals surface area contributed by atoms with E-state index >= 15 is 0 Å². The quantitative estimate of drug-likeness (QED) is 0.915. The number of amides is 1. The van der Waals surface area contributed by atoms with E-state index in [-0.39, 0.29) is 24.2 Å². The monoisotopic (exact) mass is 277 g/mol. The van der Waals surface area contributed by atoms with E-state index in [0.29, 0.717) is 18.7 Å². The van der Waals surface area contributed by atoms with Gasteiger partial charge in [-0.1, -0.05) is 6.07 Å². The third-order valence-corrected chi connectivity index (χ3v) is 3.32. The van der Waals surface area contributed by atoms with Crippen LogP contribution < -0.4 is 4.90 Å². The fourth-order valence-corrected chi connectivity index (χ4v) is 2.40. The van der Waals surface area contributed by atoms with Gasteiger partial charge in [0.1, 0.15) is 6.61 Å². The lowest BCUT2D eigenvalue weighted by Gasteiger charge is -2.30. The van der Waals surface area contributed by atoms with Crippen LogP contribution in [-0.4, -0.2) is 36.2 Å². The molecule has 20 heavy (non-hydrogen) atoms. The zero-order valence-corrected chi connectivity index (χ0v) is 11.8. The number of carboxylic acid groups (broad SMARTS) is 1. The molecule has 1 aromatic rings. The van der Waals surface area contributed by atoms with E-state index in [2.05, 4.69) is 0 Å². The van der Waals surface area contributed by atoms with Crippen molar-refractivity contribution in [1.82, 2.24) is 0 Å². The Morgan fingerprint density at radius 3 is 2.80 bits per heavy atom. The van der Waals surface area contributed by atoms with Crippen molar-refractivity contribution < 1.29 is 19.4 Å². The van der Waals surface area contributed by atoms with E-state index < -0.39 is 5.97 Å². The number of hydrogen-bond acceptors (Lipinski definition) is 3. The van der Waals surface area contributed by atoms with E-state index in [1.165, 1.54) is 0 Å². The molecule has 0 unspecified atom stereocenters. The van der Waals surface area contributed by atoms with Gasteiger partial charge in [0.15, 0.2) is 0 Å². The first-order valence-corrected chi connectivity index (χ1v) is 6.78. The maximum absolute atomic E-state index is 12.2. The van der Waals surface area contributed by atoms with Gasteiger partial charge in [0.05, 0.1) is 11.7 Å². The van der Waals surface area contributed by atoms with Crippen molar-refractivity contribution in [3.05, 3.63) is 29.3 Å². The molecule has 0 atom stereocenters. The molecule has 1 amide bonds. The number of ether oxygens (including phenoxy) is 1. The Kier molecular flexibility index (Phi) is 4.39. The van der Waals surface area contributed by atoms with Gasteiger partial charge in [-0.3, -0.25) is 4.79 Å². The first-order chi connectivity index (χ1) is 9.50. The van der Waals surface area contributed by atoms with Crippen molar-refractivity contribution in [2.24, 2.45) is 0 Å². The highest BCUT2D eigenvalue weighted by atomic mass is 16.5. The van der Waals surface area contributed by atoms with E-state index in [1.54, 1.807) is 23.1 Å². The Hall–Kier alpha value is -1.88. The standard InChI is InChI=1S/C15H19NO4/c1-10(2)20-9-14(17)16-8-4-6-11-12(15(18)19)5-3-7-13(11)16/h3,5,7,10H,4,6,8-9H2,1-2H3,(H,18,19). The van der Waals surface area contributed by atoms with Crippen LogP contribution in [-0.2, 0) is 16.0 Å². The molecule has 108 valence electrons. The highest BCUT2D eigenvalue weighted by molar-refractivity contribution is 5.98. The van der Waals surface area contributed by atoms with Gasteiger partial charge in [-0.2, -0.15) is 0 Å². The maximum atomic E-state index is 12.2. The topological polar surface area (TPSA) is 66.8 Å². The number of carboxylic acids is 1. The van der Waals surface area contributed by atoms with Crippen molar-refractivity contribution in [3.8, 4) is 0 Å². The Balaban J connectivity index is 2.26. The number of aromatic carboxylic acids is 1. The van der Waals surface area contributed by atoms with Crippen molar-refractivity contribution >= 4 is 17.6 Å². The van der Waals surface area contributed by atoms with E-state index in [9.17, 15) is 14.7 Å². The largest absolute Gasteiger partial charge is 0.478 e. The summed E-state index contributed by atoms with van der Waals surface area (Å²) in [5.41, 5.74) is 1.72. The molecule has 0 fully saturated rings. The van der Waals surface area contributed by atoms with Crippen LogP contribution >= 0.6 is 0 Å². The number of hydrogen-bond donors (Lipinski definition) is 1. The van der Waals surface area contributed by atoms with Crippen LogP contribution in [0.25, 0.3) is 0 Å². The predicted octanol–water partition coefficient (Wildman–Crippen LogP) is 2.09. The molecule has 0 bridgehead atoms. The molecule has 0 spiro atoms. The lowest BCUT2D eigenvalue weighted by atomic mass is 9.96. The third-order valence-electron chi connectivity index (χ3n) is 3.32. The number of rotatable bonds is 4. The van der Waals surface area contributed by atoms with E-state index in [1.807, 2.05) is 13.8 Å². The highest BCUT2D eigenvalue weighted by Crippen LogP contribution is 2.30. The van der Waals surface area contributed by atoms with E-state index in [4.69, 9.17) is 4.74 Å². The summed E-state index contributed by atoms with van der Waals surface area (Å²) >= 11 is 0. The number of carbonyl (C=O) groups excluding carboxylic acids is 1. The second kappa shape index (κ2) is 6.05. The van der Waals surface area contributed by atoms with E-state index in [0.717, 1.165) is 12.0 Å². The zero-order chi connectivity index (χ0) is 14.7. The molecule has 0 saturated carbocycles. The molecular formula is C15H19NO4. The summed E-state index contributed by atoms with van der Waals surface area (Å²) in [5.74, 6) is -1.07. The molecule has 1 aromatic carbocycles. The van der Waals surface area contributed by atoms with Crippen molar-refractivity contribution in [1.29, 1.82) is 0 Å². The first kappa shape index (κ1) is 14.5. The van der Waals surface area contributed by atoms with Crippen LogP contribution in [0, 0.1) is 0 Å². The Labute approximate surface area is 118 Å². The van der Waals surface area contributed by atoms with Gasteiger partial charge in [-0.15, -0.1) is 0 Å². The molecule has 5 heteroatoms. The fraction of sp³-hybridized carbons (Fsp3) is 0.467. The summed E-state index contributed by atoms with van der Waals surface area (Å²) in [6.07, 6.45) is 1.45. The Bertz CT molecular complexity index is 525. The number of nitrogens with zero attached hydrogens (tertiary/aromatic N) is 1. The molecule has 0 aromatic heterocycles. The number of fused-ring (bicyclic) bond motifs is 1. The smallest absolute Gasteiger partial charge is 0.336 e. The number of carbonyl (C=O) groups is 2. The SMILES string of the molecule is CC(C)OCC(=O)N1CCCc2c(C(=O)O)cccc21. The minimum atomic E-state index is -0.949. The van der Waals surface area contributed by atoms with Gasteiger partial charge in [0.25, 0.3) is 5.91 Å². The van der Waals surface area contributed by atoms with Crippen LogP contribution in [0.3, 0.4) is 0 Å². The third kappa shape index (κ3) is 2.99. The Morgan fingerprint density at radius 2 is 2.15 bits per heavy atom. The minimum absolute atomic E-state index is 0.00596. The molecule has 1 heterocycles. The molecule has 1 aliphatic heterocycles. The van der Waals surface area contributed by atoms with Gasteiger partial charge in [0.2, 0.25) is 0 Å². The Morgan fingerprint density at radius 1 is 1.40 bits per heavy atom. The number of anilines is 1. The van der Waals surface area contributed by atoms with Gasteiger partial charge in [-0.05, 0) is 44.4 Å². The highest BCUT2D eigenvalue weighted by Gasteiger charge is 2.25. The summed E-state index contributed by atoms with van der Waals surface area (Å²) in [5, 5.41) is 9.21. The predicted molar refractivity (Wildman–Crippen MR) is 75.2 cm³/mol. The molecule has 1 N–H and O–H groups in total. The van der Waals surface area contributed by atoms with Crippen LogP contribution in [0.5, 0.6) is 0 Å². The van der Waals surface area contributed by atoms with Crippen LogP contribution in [0.4, 0.5) is 5.69 Å². The molecule has 0 saturated heterocycles. The van der Waals surface area contributed by atoms with Crippen molar-refractivity contribution in [2.45, 2.75) is 32.8 Å². The summed E-state index contributed by atoms with van der Waals surface area (Å²) in [6, 6.07) is 5.06. The molecule has 0 radical (unpaired) electrons. The lowest BCUT2D eigenvalue weighted by molar-refractivity contribution is -0.124. The summed E-state index contributed by atoms with van der Waals surface area (Å²) in [4.78, 5) is 25.1. The molecular weight excluding hydrogens is 258 g/mol. The van der Waals surface area contributed by atoms with Crippen molar-refractivity contribution in [2.75, 3.05) is 18.1 Å². The molecule has 2 rings (SSSR count). The van der Waals surface area contributed by atoms with Gasteiger partial charge in [-0.25, -0.2) is 4.79 Å². The summed E-state index contributed by atoms with van der Waals surface area (Å²) < 4.78 is 5.34. The summed E-state index contributed by atoms with van der Waals surface area (Å²) in [6.45, 7) is 4.38. The number of benzene rings is 1. The van der Waals surface area contributed by atoms with Gasteiger partial charge >= 0.3 is 5.97 Å². The minimum Gasteiger partial charge on any atom is -0.478 e. The van der Waals surface area contributed by atoms with Crippen LogP contribution in [0.15, 0.2) is 18.2 Å². The zero-order valence-electron chi connectivity index (χ0n) is 11.8. The first-order valence-electron chi connectivity index (χ1n) is 6.78. The van der Waals surface area contributed by atoms with Crippen LogP contribution in [0.2, 0.25) is 0 Å². The molecule has 1 aliphatic rings. The average Bonchev–Trinajstić information content (AvgIpc) is 2.43. The molecule has 5 nitrogen and oxygen atoms in total. The molecule has 0 aliphatic carbocycles. The normalized spacial score (nSPS) is 14.2. The second-order valence-corrected chi connectivity index (χ2v) is 5.12. The summed E-state index contributed by atoms with van der Waals surface area (Å²) in [7, 11) is 0. The van der Waals surface area contributed by atoms with Crippen molar-refractivity contribution in [3.63, 3.8) is 0 Å². The fourth-order valence-electron chi connectivity index (χ4n) is 2.40. The maximum Gasteiger partial charge on any atom is 0.336 e. The van der Waals surface area contributed by atoms with Crippen LogP contribution in [0.1, 0.15) is 36.2 Å². The van der Waals surface area contributed by atoms with Gasteiger partial charge in [0, 0.05) is 12.2 Å². The second-order valence-electron chi connectivity index (χ2n) is 5.12. The lowest BCUT2D eigenvalue weighted by Crippen LogP contribution is -2.38. The average molecular weight is 277 g/mol.